The fourth-order valence-electron chi connectivity index (χ4n) is 1.78. The van der Waals surface area contributed by atoms with Crippen LogP contribution >= 0.6 is 12.6 Å². The summed E-state index contributed by atoms with van der Waals surface area (Å²) in [4.78, 5) is 2.74. The second kappa shape index (κ2) is 4.96. The van der Waals surface area contributed by atoms with E-state index in [-0.39, 0.29) is 5.82 Å². The van der Waals surface area contributed by atoms with Crippen molar-refractivity contribution in [3.63, 3.8) is 0 Å². The summed E-state index contributed by atoms with van der Waals surface area (Å²) in [5, 5.41) is 3.29. The molecule has 0 aromatic heterocycles. The van der Waals surface area contributed by atoms with Crippen LogP contribution in [-0.4, -0.2) is 31.1 Å². The van der Waals surface area contributed by atoms with Gasteiger partial charge in [-0.2, -0.15) is 0 Å². The van der Waals surface area contributed by atoms with E-state index in [2.05, 4.69) is 22.8 Å². The van der Waals surface area contributed by atoms with Crippen molar-refractivity contribution in [3.8, 4) is 0 Å². The highest BCUT2D eigenvalue weighted by atomic mass is 32.1. The van der Waals surface area contributed by atoms with Gasteiger partial charge in [0, 0.05) is 37.6 Å². The van der Waals surface area contributed by atoms with Crippen LogP contribution in [0, 0.1) is 5.82 Å². The molecule has 0 unspecified atom stereocenters. The first kappa shape index (κ1) is 10.9. The minimum absolute atomic E-state index is 0.231. The first-order chi connectivity index (χ1) is 7.25. The molecule has 1 fully saturated rings. The van der Waals surface area contributed by atoms with E-state index in [9.17, 15) is 4.39 Å². The number of piperazine rings is 1. The van der Waals surface area contributed by atoms with Crippen molar-refractivity contribution in [2.24, 2.45) is 0 Å². The number of nitrogens with zero attached hydrogens (tertiary/aromatic N) is 1. The summed E-state index contributed by atoms with van der Waals surface area (Å²) in [6.45, 7) is 4.93. The average molecular weight is 226 g/mol. The number of benzene rings is 1. The minimum Gasteiger partial charge on any atom is -0.314 e. The van der Waals surface area contributed by atoms with Crippen LogP contribution in [-0.2, 0) is 6.54 Å². The maximum atomic E-state index is 13.2. The third-order valence-electron chi connectivity index (χ3n) is 2.63. The van der Waals surface area contributed by atoms with Crippen LogP contribution in [0.1, 0.15) is 5.56 Å². The maximum absolute atomic E-state index is 13.2. The zero-order valence-electron chi connectivity index (χ0n) is 8.54. The van der Waals surface area contributed by atoms with Gasteiger partial charge in [0.1, 0.15) is 5.82 Å². The Labute approximate surface area is 94.9 Å². The van der Waals surface area contributed by atoms with E-state index >= 15 is 0 Å². The van der Waals surface area contributed by atoms with Gasteiger partial charge >= 0.3 is 0 Å². The van der Waals surface area contributed by atoms with Crippen molar-refractivity contribution in [3.05, 3.63) is 29.6 Å². The van der Waals surface area contributed by atoms with Gasteiger partial charge in [0.05, 0.1) is 0 Å². The van der Waals surface area contributed by atoms with E-state index in [1.165, 1.54) is 0 Å². The lowest BCUT2D eigenvalue weighted by atomic mass is 10.2. The Morgan fingerprint density at radius 2 is 2.07 bits per heavy atom. The predicted molar refractivity (Wildman–Crippen MR) is 61.8 cm³/mol. The van der Waals surface area contributed by atoms with Gasteiger partial charge in [0.25, 0.3) is 0 Å². The summed E-state index contributed by atoms with van der Waals surface area (Å²) in [5.41, 5.74) is 1.02. The van der Waals surface area contributed by atoms with Crippen molar-refractivity contribution >= 4 is 12.6 Å². The molecule has 4 heteroatoms. The third-order valence-corrected chi connectivity index (χ3v) is 2.99. The van der Waals surface area contributed by atoms with Crippen LogP contribution in [0.4, 0.5) is 4.39 Å². The van der Waals surface area contributed by atoms with Gasteiger partial charge in [0.2, 0.25) is 0 Å². The summed E-state index contributed by atoms with van der Waals surface area (Å²) in [7, 11) is 0. The van der Waals surface area contributed by atoms with E-state index in [1.54, 1.807) is 12.1 Å². The summed E-state index contributed by atoms with van der Waals surface area (Å²) in [5.74, 6) is -0.231. The molecule has 0 spiro atoms. The summed E-state index contributed by atoms with van der Waals surface area (Å²) < 4.78 is 13.2. The van der Waals surface area contributed by atoms with Crippen LogP contribution in [0.25, 0.3) is 0 Å². The topological polar surface area (TPSA) is 15.3 Å². The second-order valence-electron chi connectivity index (χ2n) is 3.81. The number of hydrogen-bond donors (Lipinski definition) is 2. The Morgan fingerprint density at radius 1 is 1.33 bits per heavy atom. The van der Waals surface area contributed by atoms with Crippen molar-refractivity contribution in [2.75, 3.05) is 26.2 Å². The zero-order chi connectivity index (χ0) is 10.7. The molecule has 2 nitrogen and oxygen atoms in total. The lowest BCUT2D eigenvalue weighted by Crippen LogP contribution is -2.42. The van der Waals surface area contributed by atoms with Crippen LogP contribution in [0.5, 0.6) is 0 Å². The van der Waals surface area contributed by atoms with Crippen LogP contribution in [0.3, 0.4) is 0 Å². The number of halogens is 1. The van der Waals surface area contributed by atoms with E-state index in [0.29, 0.717) is 4.90 Å². The van der Waals surface area contributed by atoms with Crippen molar-refractivity contribution in [2.45, 2.75) is 11.4 Å². The molecular weight excluding hydrogens is 211 g/mol. The van der Waals surface area contributed by atoms with Crippen molar-refractivity contribution in [1.82, 2.24) is 10.2 Å². The molecule has 0 amide bonds. The number of nitrogens with one attached hydrogen (secondary N) is 1. The highest BCUT2D eigenvalue weighted by molar-refractivity contribution is 7.80. The van der Waals surface area contributed by atoms with E-state index in [1.807, 2.05) is 6.07 Å². The Bertz CT molecular complexity index is 337. The number of hydrogen-bond acceptors (Lipinski definition) is 3. The molecule has 1 heterocycles. The van der Waals surface area contributed by atoms with Crippen LogP contribution in [0.15, 0.2) is 23.1 Å². The number of thiol groups is 1. The minimum atomic E-state index is -0.231. The molecule has 1 saturated heterocycles. The molecule has 82 valence electrons. The Balaban J connectivity index is 2.00. The molecule has 15 heavy (non-hydrogen) atoms. The Morgan fingerprint density at radius 3 is 2.73 bits per heavy atom. The molecule has 0 aliphatic carbocycles. The first-order valence-corrected chi connectivity index (χ1v) is 5.61. The largest absolute Gasteiger partial charge is 0.314 e. The molecule has 1 aliphatic heterocycles. The third kappa shape index (κ3) is 2.93. The van der Waals surface area contributed by atoms with Gasteiger partial charge < -0.3 is 5.32 Å². The molecule has 2 rings (SSSR count). The van der Waals surface area contributed by atoms with Gasteiger partial charge in [-0.25, -0.2) is 4.39 Å². The van der Waals surface area contributed by atoms with E-state index in [0.717, 1.165) is 38.3 Å². The van der Waals surface area contributed by atoms with Crippen LogP contribution in [0.2, 0.25) is 0 Å². The molecule has 0 radical (unpaired) electrons. The lowest BCUT2D eigenvalue weighted by molar-refractivity contribution is 0.233. The monoisotopic (exact) mass is 226 g/mol. The molecular formula is C11H15FN2S. The fourth-order valence-corrected chi connectivity index (χ4v) is 1.92. The Kier molecular flexibility index (Phi) is 3.61. The normalized spacial score (nSPS) is 18.0. The van der Waals surface area contributed by atoms with Gasteiger partial charge in [0.15, 0.2) is 0 Å². The van der Waals surface area contributed by atoms with Crippen molar-refractivity contribution in [1.29, 1.82) is 0 Å². The molecule has 1 N–H and O–H groups in total. The van der Waals surface area contributed by atoms with Gasteiger partial charge in [-0.05, 0) is 17.7 Å². The predicted octanol–water partition coefficient (Wildman–Crippen LogP) is 1.52. The summed E-state index contributed by atoms with van der Waals surface area (Å²) >= 11 is 4.01. The highest BCUT2D eigenvalue weighted by Gasteiger charge is 2.10. The zero-order valence-corrected chi connectivity index (χ0v) is 9.43. The highest BCUT2D eigenvalue weighted by Crippen LogP contribution is 2.15. The fraction of sp³-hybridized carbons (Fsp3) is 0.455. The summed E-state index contributed by atoms with van der Waals surface area (Å²) in [6, 6.07) is 5.23. The quantitative estimate of drug-likeness (QED) is 0.743. The molecule has 1 aromatic carbocycles. The number of rotatable bonds is 2. The van der Waals surface area contributed by atoms with E-state index in [4.69, 9.17) is 0 Å². The summed E-state index contributed by atoms with van der Waals surface area (Å²) in [6.07, 6.45) is 0. The van der Waals surface area contributed by atoms with Gasteiger partial charge in [-0.3, -0.25) is 4.90 Å². The first-order valence-electron chi connectivity index (χ1n) is 5.16. The lowest BCUT2D eigenvalue weighted by Gasteiger charge is -2.27. The molecule has 0 bridgehead atoms. The molecule has 0 saturated carbocycles. The maximum Gasteiger partial charge on any atom is 0.136 e. The van der Waals surface area contributed by atoms with Gasteiger partial charge in [-0.15, -0.1) is 12.6 Å². The second-order valence-corrected chi connectivity index (χ2v) is 4.29. The Hall–Kier alpha value is -0.580. The standard InChI is InChI=1S/C11H15FN2S/c12-10-7-9(1-2-11(10)15)8-14-5-3-13-4-6-14/h1-2,7,13,15H,3-6,8H2. The average Bonchev–Trinajstić information content (AvgIpc) is 2.25. The van der Waals surface area contributed by atoms with Gasteiger partial charge in [-0.1, -0.05) is 6.07 Å². The van der Waals surface area contributed by atoms with Crippen molar-refractivity contribution < 1.29 is 4.39 Å². The SMILES string of the molecule is Fc1cc(CN2CCNCC2)ccc1S. The van der Waals surface area contributed by atoms with Crippen LogP contribution < -0.4 is 5.32 Å². The molecule has 0 atom stereocenters. The smallest absolute Gasteiger partial charge is 0.136 e. The molecule has 1 aromatic rings. The molecule has 1 aliphatic rings. The van der Waals surface area contributed by atoms with E-state index < -0.39 is 0 Å².